The summed E-state index contributed by atoms with van der Waals surface area (Å²) in [5.74, 6) is -1.16. The van der Waals surface area contributed by atoms with Crippen molar-refractivity contribution in [2.45, 2.75) is 13.8 Å². The van der Waals surface area contributed by atoms with Crippen LogP contribution in [0.15, 0.2) is 30.6 Å². The fourth-order valence-corrected chi connectivity index (χ4v) is 1.72. The molecule has 2 rings (SSSR count). The average Bonchev–Trinajstić information content (AvgIpc) is 2.36. The molecule has 0 atom stereocenters. The Bertz CT molecular complexity index is 641. The maximum Gasteiger partial charge on any atom is 0.258 e. The molecule has 3 N–H and O–H groups in total. The van der Waals surface area contributed by atoms with Crippen molar-refractivity contribution in [3.8, 4) is 0 Å². The van der Waals surface area contributed by atoms with Gasteiger partial charge in [-0.15, -0.1) is 0 Å². The van der Waals surface area contributed by atoms with Crippen LogP contribution in [-0.4, -0.2) is 10.9 Å². The largest absolute Gasteiger partial charge is 0.399 e. The number of nitrogens with two attached hydrogens (primary N) is 1. The summed E-state index contributed by atoms with van der Waals surface area (Å²) in [4.78, 5) is 15.6. The minimum absolute atomic E-state index is 0.0381. The number of pyridine rings is 1. The molecule has 0 spiro atoms. The number of halogens is 1. The van der Waals surface area contributed by atoms with Crippen molar-refractivity contribution in [3.63, 3.8) is 0 Å². The van der Waals surface area contributed by atoms with Crippen molar-refractivity contribution in [2.24, 2.45) is 0 Å². The molecule has 0 unspecified atom stereocenters. The number of carbonyl (C=O) groups excluding carboxylic acids is 1. The molecule has 5 heteroatoms. The van der Waals surface area contributed by atoms with Gasteiger partial charge < -0.3 is 11.1 Å². The summed E-state index contributed by atoms with van der Waals surface area (Å²) >= 11 is 0. The molecular weight excluding hydrogens is 245 g/mol. The van der Waals surface area contributed by atoms with Gasteiger partial charge in [0.2, 0.25) is 0 Å². The molecule has 0 aliphatic carbocycles. The van der Waals surface area contributed by atoms with Crippen LogP contribution in [0.3, 0.4) is 0 Å². The Morgan fingerprint density at radius 2 is 2.05 bits per heavy atom. The van der Waals surface area contributed by atoms with Gasteiger partial charge in [0.15, 0.2) is 5.82 Å². The third-order valence-electron chi connectivity index (χ3n) is 2.88. The van der Waals surface area contributed by atoms with Gasteiger partial charge in [0, 0.05) is 17.6 Å². The number of nitrogen functional groups attached to an aromatic ring is 1. The zero-order valence-electron chi connectivity index (χ0n) is 10.7. The minimum Gasteiger partial charge on any atom is -0.399 e. The average molecular weight is 259 g/mol. The number of aromatic nitrogens is 1. The second-order valence-electron chi connectivity index (χ2n) is 4.33. The molecule has 4 nitrogen and oxygen atoms in total. The van der Waals surface area contributed by atoms with E-state index in [2.05, 4.69) is 10.3 Å². The van der Waals surface area contributed by atoms with Gasteiger partial charge >= 0.3 is 0 Å². The van der Waals surface area contributed by atoms with Crippen LogP contribution in [0, 0.1) is 19.7 Å². The van der Waals surface area contributed by atoms with E-state index in [0.29, 0.717) is 11.4 Å². The molecule has 1 heterocycles. The van der Waals surface area contributed by atoms with Crippen LogP contribution in [0.1, 0.15) is 21.5 Å². The zero-order chi connectivity index (χ0) is 14.0. The van der Waals surface area contributed by atoms with E-state index in [1.165, 1.54) is 12.3 Å². The van der Waals surface area contributed by atoms with Crippen molar-refractivity contribution in [3.05, 3.63) is 53.1 Å². The van der Waals surface area contributed by atoms with Gasteiger partial charge in [-0.3, -0.25) is 9.78 Å². The fraction of sp³-hybridized carbons (Fsp3) is 0.143. The Balaban J connectivity index is 2.30. The number of carbonyl (C=O) groups is 1. The van der Waals surface area contributed by atoms with Crippen LogP contribution >= 0.6 is 0 Å². The molecule has 0 aliphatic rings. The number of benzene rings is 1. The molecule has 2 aromatic rings. The predicted octanol–water partition coefficient (Wildman–Crippen LogP) is 2.67. The van der Waals surface area contributed by atoms with Crippen molar-refractivity contribution in [2.75, 3.05) is 11.1 Å². The molecule has 1 aromatic carbocycles. The van der Waals surface area contributed by atoms with Crippen molar-refractivity contribution in [1.82, 2.24) is 4.98 Å². The molecule has 0 fully saturated rings. The van der Waals surface area contributed by atoms with E-state index in [-0.39, 0.29) is 5.56 Å². The standard InChI is InChI=1S/C14H14FN3O/c1-8-6-13(9(2)5-12(8)16)18-14(19)10-3-4-17-7-11(10)15/h3-7H,16H2,1-2H3,(H,18,19). The lowest BCUT2D eigenvalue weighted by Crippen LogP contribution is -2.15. The summed E-state index contributed by atoms with van der Waals surface area (Å²) in [7, 11) is 0. The first-order chi connectivity index (χ1) is 8.99. The predicted molar refractivity (Wildman–Crippen MR) is 72.5 cm³/mol. The first-order valence-corrected chi connectivity index (χ1v) is 5.76. The summed E-state index contributed by atoms with van der Waals surface area (Å²) in [5.41, 5.74) is 8.70. The number of rotatable bonds is 2. The molecule has 98 valence electrons. The zero-order valence-corrected chi connectivity index (χ0v) is 10.7. The van der Waals surface area contributed by atoms with Crippen molar-refractivity contribution >= 4 is 17.3 Å². The van der Waals surface area contributed by atoms with E-state index in [1.54, 1.807) is 12.1 Å². The number of aryl methyl sites for hydroxylation is 2. The number of anilines is 2. The number of hydrogen-bond acceptors (Lipinski definition) is 3. The van der Waals surface area contributed by atoms with Crippen LogP contribution in [0.25, 0.3) is 0 Å². The SMILES string of the molecule is Cc1cc(NC(=O)c2ccncc2F)c(C)cc1N. The summed E-state index contributed by atoms with van der Waals surface area (Å²) in [5, 5.41) is 2.67. The minimum atomic E-state index is -0.648. The topological polar surface area (TPSA) is 68.0 Å². The second kappa shape index (κ2) is 5.06. The number of hydrogen-bond donors (Lipinski definition) is 2. The van der Waals surface area contributed by atoms with E-state index in [0.717, 1.165) is 17.3 Å². The van der Waals surface area contributed by atoms with Gasteiger partial charge in [-0.1, -0.05) is 0 Å². The van der Waals surface area contributed by atoms with E-state index in [1.807, 2.05) is 13.8 Å². The lowest BCUT2D eigenvalue weighted by atomic mass is 10.1. The van der Waals surface area contributed by atoms with Crippen LogP contribution in [0.4, 0.5) is 15.8 Å². The van der Waals surface area contributed by atoms with E-state index >= 15 is 0 Å². The summed E-state index contributed by atoms with van der Waals surface area (Å²) in [6.07, 6.45) is 2.38. The first kappa shape index (κ1) is 13.0. The lowest BCUT2D eigenvalue weighted by molar-refractivity contribution is 0.102. The van der Waals surface area contributed by atoms with Gasteiger partial charge in [0.1, 0.15) is 0 Å². The lowest BCUT2D eigenvalue weighted by Gasteiger charge is -2.11. The molecule has 19 heavy (non-hydrogen) atoms. The quantitative estimate of drug-likeness (QED) is 0.815. The Labute approximate surface area is 110 Å². The molecule has 1 amide bonds. The fourth-order valence-electron chi connectivity index (χ4n) is 1.72. The highest BCUT2D eigenvalue weighted by molar-refractivity contribution is 6.04. The molecule has 0 saturated carbocycles. The van der Waals surface area contributed by atoms with Gasteiger partial charge in [0.05, 0.1) is 11.8 Å². The second-order valence-corrected chi connectivity index (χ2v) is 4.33. The monoisotopic (exact) mass is 259 g/mol. The summed E-state index contributed by atoms with van der Waals surface area (Å²) in [6, 6.07) is 4.87. The van der Waals surface area contributed by atoms with Crippen molar-refractivity contribution in [1.29, 1.82) is 0 Å². The maximum absolute atomic E-state index is 13.4. The number of amides is 1. The third kappa shape index (κ3) is 2.70. The van der Waals surface area contributed by atoms with Gasteiger partial charge in [-0.25, -0.2) is 4.39 Å². The Kier molecular flexibility index (Phi) is 3.46. The highest BCUT2D eigenvalue weighted by atomic mass is 19.1. The Morgan fingerprint density at radius 1 is 1.32 bits per heavy atom. The van der Waals surface area contributed by atoms with Gasteiger partial charge in [-0.05, 0) is 43.2 Å². The number of nitrogens with one attached hydrogen (secondary N) is 1. The Morgan fingerprint density at radius 3 is 2.74 bits per heavy atom. The van der Waals surface area contributed by atoms with E-state index in [4.69, 9.17) is 5.73 Å². The summed E-state index contributed by atoms with van der Waals surface area (Å²) < 4.78 is 13.4. The van der Waals surface area contributed by atoms with Crippen LogP contribution < -0.4 is 11.1 Å². The van der Waals surface area contributed by atoms with Gasteiger partial charge in [-0.2, -0.15) is 0 Å². The number of nitrogens with zero attached hydrogens (tertiary/aromatic N) is 1. The molecule has 0 radical (unpaired) electrons. The highest BCUT2D eigenvalue weighted by Crippen LogP contribution is 2.22. The molecule has 0 saturated heterocycles. The first-order valence-electron chi connectivity index (χ1n) is 5.76. The van der Waals surface area contributed by atoms with Crippen LogP contribution in [-0.2, 0) is 0 Å². The summed E-state index contributed by atoms with van der Waals surface area (Å²) in [6.45, 7) is 3.67. The Hall–Kier alpha value is -2.43. The van der Waals surface area contributed by atoms with Crippen LogP contribution in [0.2, 0.25) is 0 Å². The maximum atomic E-state index is 13.4. The van der Waals surface area contributed by atoms with E-state index < -0.39 is 11.7 Å². The molecular formula is C14H14FN3O. The van der Waals surface area contributed by atoms with E-state index in [9.17, 15) is 9.18 Å². The normalized spacial score (nSPS) is 10.3. The van der Waals surface area contributed by atoms with Gasteiger partial charge in [0.25, 0.3) is 5.91 Å². The molecule has 0 bridgehead atoms. The smallest absolute Gasteiger partial charge is 0.258 e. The molecule has 0 aliphatic heterocycles. The highest BCUT2D eigenvalue weighted by Gasteiger charge is 2.13. The molecule has 1 aromatic heterocycles. The van der Waals surface area contributed by atoms with Crippen molar-refractivity contribution < 1.29 is 9.18 Å². The van der Waals surface area contributed by atoms with Crippen LogP contribution in [0.5, 0.6) is 0 Å². The third-order valence-corrected chi connectivity index (χ3v) is 2.88.